The molecule has 0 spiro atoms. The average Bonchev–Trinajstić information content (AvgIpc) is 2.28. The number of nitrogens with zero attached hydrogens (tertiary/aromatic N) is 1. The molecule has 0 aromatic carbocycles. The summed E-state index contributed by atoms with van der Waals surface area (Å²) < 4.78 is 0. The Bertz CT molecular complexity index is 264. The van der Waals surface area contributed by atoms with Crippen LogP contribution in [0.25, 0.3) is 0 Å². The zero-order valence-corrected chi connectivity index (χ0v) is 10.7. The van der Waals surface area contributed by atoms with Crippen LogP contribution >= 0.6 is 0 Å². The Morgan fingerprint density at radius 1 is 1.29 bits per heavy atom. The van der Waals surface area contributed by atoms with Gasteiger partial charge in [-0.2, -0.15) is 0 Å². The summed E-state index contributed by atoms with van der Waals surface area (Å²) in [6, 6.07) is 1.23. The minimum atomic E-state index is -0.694. The zero-order chi connectivity index (χ0) is 12.3. The average molecular weight is 240 g/mol. The molecule has 1 heterocycles. The molecular weight excluding hydrogens is 216 g/mol. The Morgan fingerprint density at radius 2 is 2.00 bits per heavy atom. The van der Waals surface area contributed by atoms with Gasteiger partial charge in [0.25, 0.3) is 0 Å². The van der Waals surface area contributed by atoms with Gasteiger partial charge in [0.2, 0.25) is 0 Å². The summed E-state index contributed by atoms with van der Waals surface area (Å²) in [5.41, 5.74) is 0. The Hall–Kier alpha value is -0.610. The first kappa shape index (κ1) is 12.8. The molecular formula is C13H24N2O2. The summed E-state index contributed by atoms with van der Waals surface area (Å²) in [7, 11) is 0. The summed E-state index contributed by atoms with van der Waals surface area (Å²) in [6.45, 7) is 4.13. The first-order valence-electron chi connectivity index (χ1n) is 6.87. The van der Waals surface area contributed by atoms with Crippen LogP contribution in [-0.2, 0) is 4.79 Å². The van der Waals surface area contributed by atoms with Crippen LogP contribution < -0.4 is 5.32 Å². The van der Waals surface area contributed by atoms with Gasteiger partial charge in [-0.15, -0.1) is 0 Å². The van der Waals surface area contributed by atoms with E-state index >= 15 is 0 Å². The first-order chi connectivity index (χ1) is 8.15. The van der Waals surface area contributed by atoms with Gasteiger partial charge in [0.15, 0.2) is 0 Å². The van der Waals surface area contributed by atoms with E-state index in [1.807, 2.05) is 0 Å². The third kappa shape index (κ3) is 3.68. The van der Waals surface area contributed by atoms with Gasteiger partial charge < -0.3 is 10.4 Å². The van der Waals surface area contributed by atoms with Crippen molar-refractivity contribution < 1.29 is 9.90 Å². The van der Waals surface area contributed by atoms with Crippen LogP contribution in [0.15, 0.2) is 0 Å². The van der Waals surface area contributed by atoms with Crippen LogP contribution in [0.2, 0.25) is 0 Å². The Kier molecular flexibility index (Phi) is 4.40. The number of hydrogen-bond acceptors (Lipinski definition) is 3. The van der Waals surface area contributed by atoms with Crippen molar-refractivity contribution in [3.05, 3.63) is 0 Å². The highest BCUT2D eigenvalue weighted by Crippen LogP contribution is 2.24. The van der Waals surface area contributed by atoms with E-state index in [0.29, 0.717) is 12.1 Å². The van der Waals surface area contributed by atoms with Crippen LogP contribution in [0.1, 0.15) is 45.4 Å². The molecule has 1 aliphatic heterocycles. The van der Waals surface area contributed by atoms with E-state index in [2.05, 4.69) is 17.1 Å². The SMILES string of the molecule is CC1CN(C2CCCCC2)CC(CC(=O)O)N1. The molecule has 2 N–H and O–H groups in total. The predicted molar refractivity (Wildman–Crippen MR) is 67.1 cm³/mol. The van der Waals surface area contributed by atoms with E-state index in [1.165, 1.54) is 32.1 Å². The van der Waals surface area contributed by atoms with Gasteiger partial charge in [-0.3, -0.25) is 9.69 Å². The smallest absolute Gasteiger partial charge is 0.304 e. The Balaban J connectivity index is 1.90. The quantitative estimate of drug-likeness (QED) is 0.784. The highest BCUT2D eigenvalue weighted by atomic mass is 16.4. The zero-order valence-electron chi connectivity index (χ0n) is 10.7. The maximum Gasteiger partial charge on any atom is 0.304 e. The van der Waals surface area contributed by atoms with Crippen molar-refractivity contribution in [3.63, 3.8) is 0 Å². The summed E-state index contributed by atoms with van der Waals surface area (Å²) in [5.74, 6) is -0.694. The molecule has 17 heavy (non-hydrogen) atoms. The van der Waals surface area contributed by atoms with Gasteiger partial charge >= 0.3 is 5.97 Å². The monoisotopic (exact) mass is 240 g/mol. The topological polar surface area (TPSA) is 52.6 Å². The van der Waals surface area contributed by atoms with E-state index in [1.54, 1.807) is 0 Å². The Morgan fingerprint density at radius 3 is 2.65 bits per heavy atom. The maximum atomic E-state index is 10.8. The van der Waals surface area contributed by atoms with E-state index in [0.717, 1.165) is 13.1 Å². The minimum absolute atomic E-state index is 0.123. The molecule has 1 saturated carbocycles. The van der Waals surface area contributed by atoms with Crippen LogP contribution in [0, 0.1) is 0 Å². The van der Waals surface area contributed by atoms with E-state index < -0.39 is 5.97 Å². The molecule has 2 rings (SSSR count). The number of nitrogens with one attached hydrogen (secondary N) is 1. The standard InChI is InChI=1S/C13H24N2O2/c1-10-8-15(12-5-3-2-4-6-12)9-11(14-10)7-13(16)17/h10-12,14H,2-9H2,1H3,(H,16,17). The van der Waals surface area contributed by atoms with Gasteiger partial charge in [0, 0.05) is 31.2 Å². The molecule has 1 aliphatic carbocycles. The van der Waals surface area contributed by atoms with Crippen molar-refractivity contribution in [1.29, 1.82) is 0 Å². The first-order valence-corrected chi connectivity index (χ1v) is 6.87. The van der Waals surface area contributed by atoms with Crippen molar-refractivity contribution in [2.45, 2.75) is 63.6 Å². The van der Waals surface area contributed by atoms with Crippen molar-refractivity contribution in [2.75, 3.05) is 13.1 Å². The molecule has 0 radical (unpaired) electrons. The second kappa shape index (κ2) is 5.83. The van der Waals surface area contributed by atoms with Crippen molar-refractivity contribution >= 4 is 5.97 Å². The molecule has 0 aromatic rings. The van der Waals surface area contributed by atoms with Crippen LogP contribution in [0.4, 0.5) is 0 Å². The van der Waals surface area contributed by atoms with Crippen LogP contribution in [0.3, 0.4) is 0 Å². The highest BCUT2D eigenvalue weighted by Gasteiger charge is 2.30. The fraction of sp³-hybridized carbons (Fsp3) is 0.923. The number of hydrogen-bond donors (Lipinski definition) is 2. The molecule has 98 valence electrons. The molecule has 0 amide bonds. The molecule has 2 fully saturated rings. The molecule has 0 aromatic heterocycles. The molecule has 2 aliphatic rings. The van der Waals surface area contributed by atoms with E-state index in [4.69, 9.17) is 5.11 Å². The van der Waals surface area contributed by atoms with Crippen molar-refractivity contribution in [3.8, 4) is 0 Å². The fourth-order valence-corrected chi connectivity index (χ4v) is 3.30. The van der Waals surface area contributed by atoms with Gasteiger partial charge in [-0.25, -0.2) is 0 Å². The fourth-order valence-electron chi connectivity index (χ4n) is 3.30. The number of rotatable bonds is 3. The summed E-state index contributed by atoms with van der Waals surface area (Å²) in [4.78, 5) is 13.3. The van der Waals surface area contributed by atoms with Gasteiger partial charge in [-0.05, 0) is 19.8 Å². The normalized spacial score (nSPS) is 32.5. The summed E-state index contributed by atoms with van der Waals surface area (Å²) >= 11 is 0. The van der Waals surface area contributed by atoms with Crippen LogP contribution in [-0.4, -0.2) is 47.2 Å². The lowest BCUT2D eigenvalue weighted by molar-refractivity contribution is -0.138. The number of carbonyl (C=O) groups is 1. The summed E-state index contributed by atoms with van der Waals surface area (Å²) in [5, 5.41) is 12.3. The molecule has 2 unspecified atom stereocenters. The van der Waals surface area contributed by atoms with Crippen molar-refractivity contribution in [1.82, 2.24) is 10.2 Å². The second-order valence-electron chi connectivity index (χ2n) is 5.61. The number of carboxylic acid groups (broad SMARTS) is 1. The largest absolute Gasteiger partial charge is 0.481 e. The lowest BCUT2D eigenvalue weighted by Gasteiger charge is -2.42. The lowest BCUT2D eigenvalue weighted by Crippen LogP contribution is -2.58. The predicted octanol–water partition coefficient (Wildman–Crippen LogP) is 1.46. The van der Waals surface area contributed by atoms with Crippen LogP contribution in [0.5, 0.6) is 0 Å². The number of carboxylic acids is 1. The maximum absolute atomic E-state index is 10.8. The number of piperazine rings is 1. The second-order valence-corrected chi connectivity index (χ2v) is 5.61. The van der Waals surface area contributed by atoms with Gasteiger partial charge in [0.05, 0.1) is 6.42 Å². The molecule has 0 bridgehead atoms. The van der Waals surface area contributed by atoms with Gasteiger partial charge in [-0.1, -0.05) is 19.3 Å². The lowest BCUT2D eigenvalue weighted by atomic mass is 9.92. The third-order valence-electron chi connectivity index (χ3n) is 4.00. The minimum Gasteiger partial charge on any atom is -0.481 e. The molecule has 4 heteroatoms. The highest BCUT2D eigenvalue weighted by molar-refractivity contribution is 5.67. The molecule has 4 nitrogen and oxygen atoms in total. The van der Waals surface area contributed by atoms with E-state index in [9.17, 15) is 4.79 Å². The third-order valence-corrected chi connectivity index (χ3v) is 4.00. The number of aliphatic carboxylic acids is 1. The van der Waals surface area contributed by atoms with Crippen molar-refractivity contribution in [2.24, 2.45) is 0 Å². The molecule has 2 atom stereocenters. The Labute approximate surface area is 103 Å². The van der Waals surface area contributed by atoms with Gasteiger partial charge in [0.1, 0.15) is 0 Å². The molecule has 1 saturated heterocycles. The summed E-state index contributed by atoms with van der Waals surface area (Å²) in [6.07, 6.45) is 6.89. The van der Waals surface area contributed by atoms with E-state index in [-0.39, 0.29) is 12.5 Å².